The first-order chi connectivity index (χ1) is 11.2. The summed E-state index contributed by atoms with van der Waals surface area (Å²) in [4.78, 5) is 11.1. The number of benzene rings is 2. The summed E-state index contributed by atoms with van der Waals surface area (Å²) in [6.45, 7) is 2.82. The van der Waals surface area contributed by atoms with Gasteiger partial charge in [-0.25, -0.2) is 4.79 Å². The second-order valence-corrected chi connectivity index (χ2v) is 5.36. The van der Waals surface area contributed by atoms with Gasteiger partial charge >= 0.3 is 6.09 Å². The van der Waals surface area contributed by atoms with Crippen LogP contribution in [0.3, 0.4) is 0 Å². The van der Waals surface area contributed by atoms with Crippen molar-refractivity contribution in [2.75, 3.05) is 19.8 Å². The summed E-state index contributed by atoms with van der Waals surface area (Å²) in [7, 11) is 0. The Morgan fingerprint density at radius 3 is 2.61 bits per heavy atom. The van der Waals surface area contributed by atoms with E-state index >= 15 is 0 Å². The van der Waals surface area contributed by atoms with E-state index in [1.807, 2.05) is 48.5 Å². The molecule has 6 heteroatoms. The van der Waals surface area contributed by atoms with E-state index in [9.17, 15) is 4.79 Å². The minimum absolute atomic E-state index is 0.344. The highest BCUT2D eigenvalue weighted by molar-refractivity contribution is 9.10. The molecule has 0 atom stereocenters. The van der Waals surface area contributed by atoms with Gasteiger partial charge in [0.05, 0.1) is 17.6 Å². The Bertz CT molecular complexity index is 634. The lowest BCUT2D eigenvalue weighted by atomic mass is 10.3. The molecule has 0 aliphatic heterocycles. The van der Waals surface area contributed by atoms with Crippen LogP contribution >= 0.6 is 15.9 Å². The highest BCUT2D eigenvalue weighted by Crippen LogP contribution is 2.31. The van der Waals surface area contributed by atoms with Gasteiger partial charge in [-0.1, -0.05) is 18.2 Å². The highest BCUT2D eigenvalue weighted by Gasteiger charge is 2.05. The Kier molecular flexibility index (Phi) is 6.75. The van der Waals surface area contributed by atoms with Crippen molar-refractivity contribution in [3.05, 3.63) is 53.0 Å². The molecule has 0 aromatic heterocycles. The second kappa shape index (κ2) is 9.05. The Labute approximate surface area is 143 Å². The summed E-state index contributed by atoms with van der Waals surface area (Å²) in [6.07, 6.45) is -0.443. The van der Waals surface area contributed by atoms with Crippen molar-refractivity contribution in [2.45, 2.75) is 6.92 Å². The van der Waals surface area contributed by atoms with E-state index < -0.39 is 6.09 Å². The van der Waals surface area contributed by atoms with Crippen LogP contribution in [-0.2, 0) is 4.74 Å². The predicted molar refractivity (Wildman–Crippen MR) is 91.2 cm³/mol. The van der Waals surface area contributed by atoms with E-state index in [1.54, 1.807) is 6.92 Å². The van der Waals surface area contributed by atoms with E-state index in [0.717, 1.165) is 10.2 Å². The molecule has 122 valence electrons. The molecule has 0 aliphatic rings. The van der Waals surface area contributed by atoms with Gasteiger partial charge in [0.2, 0.25) is 0 Å². The molecule has 0 fully saturated rings. The molecule has 0 aliphatic carbocycles. The van der Waals surface area contributed by atoms with Gasteiger partial charge in [0.15, 0.2) is 0 Å². The number of hydrogen-bond acceptors (Lipinski definition) is 4. The van der Waals surface area contributed by atoms with E-state index in [-0.39, 0.29) is 0 Å². The maximum atomic E-state index is 11.1. The maximum Gasteiger partial charge on any atom is 0.407 e. The van der Waals surface area contributed by atoms with E-state index in [2.05, 4.69) is 21.2 Å². The molecular weight excluding hydrogens is 362 g/mol. The number of halogens is 1. The van der Waals surface area contributed by atoms with Gasteiger partial charge < -0.3 is 19.5 Å². The lowest BCUT2D eigenvalue weighted by Gasteiger charge is -2.11. The summed E-state index contributed by atoms with van der Waals surface area (Å²) in [6, 6.07) is 15.0. The first-order valence-electron chi connectivity index (χ1n) is 7.25. The van der Waals surface area contributed by atoms with E-state index in [1.165, 1.54) is 0 Å². The standard InChI is InChI=1S/C17H18BrNO4/c1-2-21-17(20)19-10-11-22-16-9-8-14(12-15(16)18)23-13-6-4-3-5-7-13/h3-9,12H,2,10-11H2,1H3,(H,19,20). The van der Waals surface area contributed by atoms with Crippen LogP contribution in [0.1, 0.15) is 6.92 Å². The fourth-order valence-corrected chi connectivity index (χ4v) is 2.26. The quantitative estimate of drug-likeness (QED) is 0.725. The number of carbonyl (C=O) groups is 1. The Balaban J connectivity index is 1.83. The first kappa shape index (κ1) is 17.1. The molecule has 0 radical (unpaired) electrons. The molecule has 0 unspecified atom stereocenters. The topological polar surface area (TPSA) is 56.8 Å². The molecule has 23 heavy (non-hydrogen) atoms. The summed E-state index contributed by atoms with van der Waals surface area (Å²) in [5.74, 6) is 2.16. The van der Waals surface area contributed by atoms with Gasteiger partial charge in [-0.05, 0) is 53.2 Å². The highest BCUT2D eigenvalue weighted by atomic mass is 79.9. The summed E-state index contributed by atoms with van der Waals surface area (Å²) < 4.78 is 16.9. The Morgan fingerprint density at radius 2 is 1.91 bits per heavy atom. The number of alkyl carbamates (subject to hydrolysis) is 1. The number of hydrogen-bond donors (Lipinski definition) is 1. The second-order valence-electron chi connectivity index (χ2n) is 4.50. The monoisotopic (exact) mass is 379 g/mol. The average molecular weight is 380 g/mol. The SMILES string of the molecule is CCOC(=O)NCCOc1ccc(Oc2ccccc2)cc1Br. The fourth-order valence-electron chi connectivity index (χ4n) is 1.78. The van der Waals surface area contributed by atoms with Crippen molar-refractivity contribution < 1.29 is 19.0 Å². The third-order valence-corrected chi connectivity index (χ3v) is 3.41. The molecule has 2 aromatic rings. The number of carbonyl (C=O) groups excluding carboxylic acids is 1. The molecule has 0 spiro atoms. The van der Waals surface area contributed by atoms with Crippen LogP contribution in [0.2, 0.25) is 0 Å². The number of para-hydroxylation sites is 1. The molecule has 0 heterocycles. The summed E-state index contributed by atoms with van der Waals surface area (Å²) in [5, 5.41) is 2.59. The predicted octanol–water partition coefficient (Wildman–Crippen LogP) is 4.37. The summed E-state index contributed by atoms with van der Waals surface area (Å²) in [5.41, 5.74) is 0. The number of amides is 1. The van der Waals surface area contributed by atoms with Crippen molar-refractivity contribution >= 4 is 22.0 Å². The summed E-state index contributed by atoms with van der Waals surface area (Å²) >= 11 is 3.45. The minimum atomic E-state index is -0.443. The van der Waals surface area contributed by atoms with Crippen LogP contribution in [0, 0.1) is 0 Å². The molecule has 0 saturated carbocycles. The van der Waals surface area contributed by atoms with Crippen LogP contribution in [0.15, 0.2) is 53.0 Å². The average Bonchev–Trinajstić information content (AvgIpc) is 2.54. The van der Waals surface area contributed by atoms with Gasteiger partial charge in [-0.2, -0.15) is 0 Å². The third-order valence-electron chi connectivity index (χ3n) is 2.79. The fraction of sp³-hybridized carbons (Fsp3) is 0.235. The van der Waals surface area contributed by atoms with Gasteiger partial charge in [-0.15, -0.1) is 0 Å². The lowest BCUT2D eigenvalue weighted by molar-refractivity contribution is 0.150. The molecule has 2 aromatic carbocycles. The molecule has 0 bridgehead atoms. The molecule has 5 nitrogen and oxygen atoms in total. The number of rotatable bonds is 7. The van der Waals surface area contributed by atoms with Crippen molar-refractivity contribution in [1.29, 1.82) is 0 Å². The Morgan fingerprint density at radius 1 is 1.13 bits per heavy atom. The zero-order chi connectivity index (χ0) is 16.5. The third kappa shape index (κ3) is 5.83. The van der Waals surface area contributed by atoms with E-state index in [0.29, 0.717) is 31.3 Å². The molecule has 1 amide bonds. The van der Waals surface area contributed by atoms with Crippen molar-refractivity contribution in [1.82, 2.24) is 5.32 Å². The van der Waals surface area contributed by atoms with Crippen LogP contribution < -0.4 is 14.8 Å². The van der Waals surface area contributed by atoms with Crippen LogP contribution in [0.5, 0.6) is 17.2 Å². The van der Waals surface area contributed by atoms with Gasteiger partial charge in [-0.3, -0.25) is 0 Å². The number of nitrogens with one attached hydrogen (secondary N) is 1. The normalized spacial score (nSPS) is 10.0. The van der Waals surface area contributed by atoms with Gasteiger partial charge in [0, 0.05) is 0 Å². The lowest BCUT2D eigenvalue weighted by Crippen LogP contribution is -2.28. The number of ether oxygens (including phenoxy) is 3. The van der Waals surface area contributed by atoms with Crippen molar-refractivity contribution in [3.8, 4) is 17.2 Å². The smallest absolute Gasteiger partial charge is 0.407 e. The van der Waals surface area contributed by atoms with Crippen molar-refractivity contribution in [2.24, 2.45) is 0 Å². The first-order valence-corrected chi connectivity index (χ1v) is 8.04. The maximum absolute atomic E-state index is 11.1. The molecule has 0 saturated heterocycles. The molecule has 2 rings (SSSR count). The van der Waals surface area contributed by atoms with Crippen LogP contribution in [0.4, 0.5) is 4.79 Å². The minimum Gasteiger partial charge on any atom is -0.491 e. The molecular formula is C17H18BrNO4. The van der Waals surface area contributed by atoms with Crippen LogP contribution in [-0.4, -0.2) is 25.9 Å². The van der Waals surface area contributed by atoms with Crippen LogP contribution in [0.25, 0.3) is 0 Å². The zero-order valence-electron chi connectivity index (χ0n) is 12.8. The zero-order valence-corrected chi connectivity index (χ0v) is 14.3. The van der Waals surface area contributed by atoms with Gasteiger partial charge in [0.25, 0.3) is 0 Å². The molecule has 1 N–H and O–H groups in total. The van der Waals surface area contributed by atoms with Gasteiger partial charge in [0.1, 0.15) is 23.9 Å². The van der Waals surface area contributed by atoms with Crippen molar-refractivity contribution in [3.63, 3.8) is 0 Å². The van der Waals surface area contributed by atoms with E-state index in [4.69, 9.17) is 14.2 Å². The Hall–Kier alpha value is -2.21. The largest absolute Gasteiger partial charge is 0.491 e.